The average molecular weight is 425 g/mol. The highest BCUT2D eigenvalue weighted by Gasteiger charge is 2.21. The van der Waals surface area contributed by atoms with Crippen LogP contribution in [0.15, 0.2) is 36.9 Å². The summed E-state index contributed by atoms with van der Waals surface area (Å²) in [5.41, 5.74) is 1.82. The summed E-state index contributed by atoms with van der Waals surface area (Å²) in [4.78, 5) is 24.1. The molecule has 4 rings (SSSR count). The fourth-order valence-corrected chi connectivity index (χ4v) is 3.31. The first kappa shape index (κ1) is 20.2. The maximum absolute atomic E-state index is 11.7. The lowest BCUT2D eigenvalue weighted by atomic mass is 10.00. The number of esters is 1. The van der Waals surface area contributed by atoms with E-state index in [9.17, 15) is 19.8 Å². The second-order valence-corrected chi connectivity index (χ2v) is 6.78. The Balaban J connectivity index is 1.64. The molecule has 160 valence electrons. The maximum Gasteiger partial charge on any atom is 0.336 e. The fraction of sp³-hybridized carbons (Fsp3) is 0.238. The summed E-state index contributed by atoms with van der Waals surface area (Å²) in [6.45, 7) is 3.60. The predicted molar refractivity (Wildman–Crippen MR) is 108 cm³/mol. The van der Waals surface area contributed by atoms with E-state index in [1.807, 2.05) is 0 Å². The van der Waals surface area contributed by atoms with Crippen molar-refractivity contribution in [1.82, 2.24) is 15.0 Å². The maximum atomic E-state index is 11.7. The first-order valence-corrected chi connectivity index (χ1v) is 9.52. The molecule has 2 N–H and O–H groups in total. The summed E-state index contributed by atoms with van der Waals surface area (Å²) in [7, 11) is 0. The van der Waals surface area contributed by atoms with Crippen LogP contribution in [0, 0.1) is 0 Å². The van der Waals surface area contributed by atoms with Crippen LogP contribution in [0.4, 0.5) is 0 Å². The number of carbonyl (C=O) groups excluding carboxylic acids is 1. The molecule has 0 saturated heterocycles. The molecular formula is C21H19N3O7. The molecule has 2 heterocycles. The van der Waals surface area contributed by atoms with Gasteiger partial charge in [-0.3, -0.25) is 0 Å². The molecule has 0 spiro atoms. The Morgan fingerprint density at radius 1 is 1.19 bits per heavy atom. The zero-order valence-corrected chi connectivity index (χ0v) is 16.4. The van der Waals surface area contributed by atoms with Gasteiger partial charge in [-0.15, -0.1) is 15.0 Å². The number of rotatable bonds is 8. The molecule has 1 aliphatic rings. The smallest absolute Gasteiger partial charge is 0.336 e. The van der Waals surface area contributed by atoms with E-state index in [4.69, 9.17) is 14.2 Å². The second-order valence-electron chi connectivity index (χ2n) is 6.78. The third-order valence-electron chi connectivity index (χ3n) is 4.81. The van der Waals surface area contributed by atoms with Gasteiger partial charge in [-0.1, -0.05) is 6.58 Å². The molecule has 0 radical (unpaired) electrons. The van der Waals surface area contributed by atoms with Crippen molar-refractivity contribution in [2.75, 3.05) is 13.4 Å². The number of aromatic nitrogens is 3. The van der Waals surface area contributed by atoms with Gasteiger partial charge in [0.25, 0.3) is 0 Å². The molecule has 0 unspecified atom stereocenters. The molecular weight excluding hydrogens is 406 g/mol. The number of phenolic OH excluding ortho intramolecular Hbond substituents is 1. The number of fused-ring (bicyclic) bond motifs is 2. The van der Waals surface area contributed by atoms with E-state index in [0.717, 1.165) is 6.08 Å². The molecule has 0 aliphatic carbocycles. The number of hydrogen-bond acceptors (Lipinski definition) is 8. The van der Waals surface area contributed by atoms with Gasteiger partial charge >= 0.3 is 11.9 Å². The van der Waals surface area contributed by atoms with E-state index in [1.54, 1.807) is 12.1 Å². The van der Waals surface area contributed by atoms with Gasteiger partial charge in [0.1, 0.15) is 22.5 Å². The Morgan fingerprint density at radius 3 is 2.71 bits per heavy atom. The molecule has 0 atom stereocenters. The van der Waals surface area contributed by atoms with Gasteiger partial charge in [0.15, 0.2) is 11.5 Å². The molecule has 1 aliphatic heterocycles. The Bertz CT molecular complexity index is 1190. The number of aryl methyl sites for hydroxylation is 1. The molecule has 0 fully saturated rings. The first-order chi connectivity index (χ1) is 15.0. The molecule has 0 amide bonds. The Morgan fingerprint density at radius 2 is 1.97 bits per heavy atom. The standard InChI is InChI=1S/C21H19N3O7/c1-2-19(26)29-8-4-3-5-12-13(21(27)28)6-7-14-20(12)23-24(22-14)15-9-17-18(10-16(15)25)31-11-30-17/h2,6-7,9-10,25H,1,3-5,8,11H2,(H,27,28). The summed E-state index contributed by atoms with van der Waals surface area (Å²) in [6, 6.07) is 6.03. The number of carboxylic acids is 1. The molecule has 0 saturated carbocycles. The van der Waals surface area contributed by atoms with Crippen molar-refractivity contribution in [2.45, 2.75) is 19.3 Å². The molecule has 2 aromatic carbocycles. The number of nitrogens with zero attached hydrogens (tertiary/aromatic N) is 3. The summed E-state index contributed by atoms with van der Waals surface area (Å²) in [6.07, 6.45) is 2.61. The number of aromatic carboxylic acids is 1. The summed E-state index contributed by atoms with van der Waals surface area (Å²) >= 11 is 0. The third kappa shape index (κ3) is 4.00. The van der Waals surface area contributed by atoms with E-state index in [-0.39, 0.29) is 30.4 Å². The van der Waals surface area contributed by atoms with Gasteiger partial charge in [0.05, 0.1) is 12.2 Å². The van der Waals surface area contributed by atoms with Crippen LogP contribution in [-0.2, 0) is 16.0 Å². The largest absolute Gasteiger partial charge is 0.505 e. The van der Waals surface area contributed by atoms with Crippen molar-refractivity contribution in [3.63, 3.8) is 0 Å². The van der Waals surface area contributed by atoms with Crippen LogP contribution in [0.3, 0.4) is 0 Å². The van der Waals surface area contributed by atoms with Crippen LogP contribution in [0.5, 0.6) is 17.2 Å². The van der Waals surface area contributed by atoms with E-state index < -0.39 is 11.9 Å². The fourth-order valence-electron chi connectivity index (χ4n) is 3.31. The highest BCUT2D eigenvalue weighted by molar-refractivity contribution is 5.95. The number of carboxylic acid groups (broad SMARTS) is 1. The monoisotopic (exact) mass is 425 g/mol. The lowest BCUT2D eigenvalue weighted by Crippen LogP contribution is -2.05. The van der Waals surface area contributed by atoms with Crippen molar-refractivity contribution in [3.05, 3.63) is 48.0 Å². The van der Waals surface area contributed by atoms with Crippen molar-refractivity contribution < 1.29 is 34.0 Å². The zero-order chi connectivity index (χ0) is 22.0. The third-order valence-corrected chi connectivity index (χ3v) is 4.81. The lowest BCUT2D eigenvalue weighted by Gasteiger charge is -2.07. The SMILES string of the molecule is C=CC(=O)OCCCCc1c(C(=O)O)ccc2nn(-c3cc4c(cc3O)OCO4)nc12. The van der Waals surface area contributed by atoms with Gasteiger partial charge < -0.3 is 24.4 Å². The minimum atomic E-state index is -1.07. The highest BCUT2D eigenvalue weighted by Crippen LogP contribution is 2.39. The van der Waals surface area contributed by atoms with Crippen LogP contribution < -0.4 is 9.47 Å². The zero-order valence-electron chi connectivity index (χ0n) is 16.4. The van der Waals surface area contributed by atoms with E-state index in [2.05, 4.69) is 16.8 Å². The van der Waals surface area contributed by atoms with Crippen LogP contribution in [0.2, 0.25) is 0 Å². The second kappa shape index (κ2) is 8.34. The topological polar surface area (TPSA) is 133 Å². The number of hydrogen-bond donors (Lipinski definition) is 2. The molecule has 31 heavy (non-hydrogen) atoms. The summed E-state index contributed by atoms with van der Waals surface area (Å²) in [5.74, 6) is -0.803. The average Bonchev–Trinajstić information content (AvgIpc) is 3.38. The number of phenols is 1. The van der Waals surface area contributed by atoms with Crippen molar-refractivity contribution in [2.24, 2.45) is 0 Å². The Hall–Kier alpha value is -4.08. The normalized spacial score (nSPS) is 12.1. The van der Waals surface area contributed by atoms with E-state index in [0.29, 0.717) is 47.4 Å². The first-order valence-electron chi connectivity index (χ1n) is 9.52. The van der Waals surface area contributed by atoms with Crippen LogP contribution in [0.25, 0.3) is 16.7 Å². The van der Waals surface area contributed by atoms with Crippen molar-refractivity contribution in [3.8, 4) is 22.9 Å². The molecule has 10 nitrogen and oxygen atoms in total. The van der Waals surface area contributed by atoms with Gasteiger partial charge in [0.2, 0.25) is 6.79 Å². The van der Waals surface area contributed by atoms with Crippen molar-refractivity contribution >= 4 is 23.0 Å². The van der Waals surface area contributed by atoms with E-state index >= 15 is 0 Å². The molecule has 3 aromatic rings. The number of unbranched alkanes of at least 4 members (excludes halogenated alkanes) is 1. The minimum absolute atomic E-state index is 0.0565. The van der Waals surface area contributed by atoms with Gasteiger partial charge in [-0.2, -0.15) is 0 Å². The van der Waals surface area contributed by atoms with Crippen LogP contribution >= 0.6 is 0 Å². The minimum Gasteiger partial charge on any atom is -0.505 e. The lowest BCUT2D eigenvalue weighted by molar-refractivity contribution is -0.137. The quantitative estimate of drug-likeness (QED) is 0.317. The van der Waals surface area contributed by atoms with Crippen LogP contribution in [-0.4, -0.2) is 50.5 Å². The number of benzene rings is 2. The van der Waals surface area contributed by atoms with E-state index in [1.165, 1.54) is 16.9 Å². The summed E-state index contributed by atoms with van der Waals surface area (Å²) < 4.78 is 15.5. The highest BCUT2D eigenvalue weighted by atomic mass is 16.7. The molecule has 10 heteroatoms. The number of aromatic hydroxyl groups is 1. The summed E-state index contributed by atoms with van der Waals surface area (Å²) in [5, 5.41) is 28.8. The predicted octanol–water partition coefficient (Wildman–Crippen LogP) is 2.60. The number of ether oxygens (including phenoxy) is 3. The Labute approximate surface area is 176 Å². The van der Waals surface area contributed by atoms with Gasteiger partial charge in [0, 0.05) is 18.2 Å². The molecule has 1 aromatic heterocycles. The van der Waals surface area contributed by atoms with Gasteiger partial charge in [-0.25, -0.2) is 9.59 Å². The van der Waals surface area contributed by atoms with Crippen LogP contribution in [0.1, 0.15) is 28.8 Å². The number of carbonyl (C=O) groups is 2. The van der Waals surface area contributed by atoms with Gasteiger partial charge in [-0.05, 0) is 37.0 Å². The Kier molecular flexibility index (Phi) is 5.44. The molecule has 0 bridgehead atoms. The van der Waals surface area contributed by atoms with Crippen molar-refractivity contribution in [1.29, 1.82) is 0 Å².